The van der Waals surface area contributed by atoms with Crippen molar-refractivity contribution in [2.24, 2.45) is 0 Å². The number of aliphatic carboxylic acids is 1. The molecule has 4 heteroatoms. The van der Waals surface area contributed by atoms with Crippen molar-refractivity contribution in [2.45, 2.75) is 25.9 Å². The van der Waals surface area contributed by atoms with Gasteiger partial charge < -0.3 is 15.5 Å². The summed E-state index contributed by atoms with van der Waals surface area (Å²) in [5.41, 5.74) is 1.88. The first-order chi connectivity index (χ1) is 7.61. The Bertz CT molecular complexity index is 335. The van der Waals surface area contributed by atoms with Crippen LogP contribution in [0, 0.1) is 0 Å². The molecule has 16 heavy (non-hydrogen) atoms. The van der Waals surface area contributed by atoms with Crippen molar-refractivity contribution in [3.63, 3.8) is 0 Å². The Hall–Kier alpha value is -1.39. The molecule has 0 aromatic heterocycles. The first-order valence-electron chi connectivity index (χ1n) is 5.25. The smallest absolute Gasteiger partial charge is 0.307 e. The van der Waals surface area contributed by atoms with Crippen molar-refractivity contribution in [1.29, 1.82) is 0 Å². The van der Waals surface area contributed by atoms with Crippen LogP contribution >= 0.6 is 0 Å². The number of hydrogen-bond acceptors (Lipinski definition) is 3. The van der Waals surface area contributed by atoms with E-state index < -0.39 is 5.97 Å². The van der Waals surface area contributed by atoms with Crippen LogP contribution in [-0.2, 0) is 17.8 Å². The highest BCUT2D eigenvalue weighted by Gasteiger charge is 2.01. The third-order valence-corrected chi connectivity index (χ3v) is 2.31. The van der Waals surface area contributed by atoms with Gasteiger partial charge in [-0.25, -0.2) is 0 Å². The third-order valence-electron chi connectivity index (χ3n) is 2.31. The Morgan fingerprint density at radius 3 is 2.38 bits per heavy atom. The normalized spacial score (nSPS) is 12.4. The Morgan fingerprint density at radius 2 is 1.88 bits per heavy atom. The summed E-state index contributed by atoms with van der Waals surface area (Å²) in [6.45, 7) is 2.69. The number of carboxylic acids is 1. The highest BCUT2D eigenvalue weighted by atomic mass is 16.4. The van der Waals surface area contributed by atoms with Crippen LogP contribution in [0.5, 0.6) is 0 Å². The lowest BCUT2D eigenvalue weighted by Crippen LogP contribution is -2.28. The van der Waals surface area contributed by atoms with Gasteiger partial charge in [0.15, 0.2) is 0 Å². The Labute approximate surface area is 94.9 Å². The highest BCUT2D eigenvalue weighted by Crippen LogP contribution is 2.05. The summed E-state index contributed by atoms with van der Waals surface area (Å²) in [5, 5.41) is 20.6. The van der Waals surface area contributed by atoms with Gasteiger partial charge in [-0.2, -0.15) is 0 Å². The van der Waals surface area contributed by atoms with Gasteiger partial charge >= 0.3 is 5.97 Å². The fraction of sp³-hybridized carbons (Fsp3) is 0.417. The first-order valence-corrected chi connectivity index (χ1v) is 5.25. The van der Waals surface area contributed by atoms with E-state index in [1.807, 2.05) is 31.2 Å². The zero-order valence-corrected chi connectivity index (χ0v) is 9.31. The van der Waals surface area contributed by atoms with Crippen LogP contribution in [0.25, 0.3) is 0 Å². The molecule has 3 N–H and O–H groups in total. The Kier molecular flexibility index (Phi) is 4.95. The summed E-state index contributed by atoms with van der Waals surface area (Å²) in [7, 11) is 0. The van der Waals surface area contributed by atoms with Crippen molar-refractivity contribution in [2.75, 3.05) is 6.61 Å². The Balaban J connectivity index is 2.48. The maximum atomic E-state index is 10.5. The number of aliphatic hydroxyl groups excluding tert-OH is 1. The van der Waals surface area contributed by atoms with Gasteiger partial charge in [0, 0.05) is 12.6 Å². The zero-order chi connectivity index (χ0) is 12.0. The van der Waals surface area contributed by atoms with E-state index in [9.17, 15) is 4.79 Å². The fourth-order valence-corrected chi connectivity index (χ4v) is 1.31. The van der Waals surface area contributed by atoms with E-state index in [-0.39, 0.29) is 19.1 Å². The second kappa shape index (κ2) is 6.25. The molecule has 0 saturated heterocycles. The van der Waals surface area contributed by atoms with Gasteiger partial charge in [0.05, 0.1) is 13.0 Å². The van der Waals surface area contributed by atoms with Gasteiger partial charge in [-0.1, -0.05) is 24.3 Å². The lowest BCUT2D eigenvalue weighted by Gasteiger charge is -2.10. The number of benzene rings is 1. The molecule has 0 radical (unpaired) electrons. The topological polar surface area (TPSA) is 69.6 Å². The molecule has 0 saturated carbocycles. The minimum Gasteiger partial charge on any atom is -0.481 e. The van der Waals surface area contributed by atoms with Crippen LogP contribution in [0.2, 0.25) is 0 Å². The maximum Gasteiger partial charge on any atom is 0.307 e. The summed E-state index contributed by atoms with van der Waals surface area (Å²) in [4.78, 5) is 10.5. The molecule has 0 aliphatic carbocycles. The molecule has 1 aromatic rings. The molecule has 1 atom stereocenters. The van der Waals surface area contributed by atoms with E-state index in [0.717, 1.165) is 11.1 Å². The fourth-order valence-electron chi connectivity index (χ4n) is 1.31. The molecule has 0 aliphatic heterocycles. The SMILES string of the molecule is CC(CO)NCc1ccc(CC(=O)O)cc1. The minimum atomic E-state index is -0.820. The van der Waals surface area contributed by atoms with Crippen LogP contribution in [-0.4, -0.2) is 28.8 Å². The zero-order valence-electron chi connectivity index (χ0n) is 9.31. The van der Waals surface area contributed by atoms with Crippen LogP contribution < -0.4 is 5.32 Å². The molecular formula is C12H17NO3. The van der Waals surface area contributed by atoms with E-state index in [1.54, 1.807) is 0 Å². The van der Waals surface area contributed by atoms with Gasteiger partial charge in [0.1, 0.15) is 0 Å². The van der Waals surface area contributed by atoms with Crippen molar-refractivity contribution in [1.82, 2.24) is 5.32 Å². The molecule has 0 spiro atoms. The van der Waals surface area contributed by atoms with Gasteiger partial charge in [0.2, 0.25) is 0 Å². The third kappa shape index (κ3) is 4.42. The number of nitrogens with one attached hydrogen (secondary N) is 1. The van der Waals surface area contributed by atoms with Gasteiger partial charge in [0.25, 0.3) is 0 Å². The molecule has 4 nitrogen and oxygen atoms in total. The number of carboxylic acid groups (broad SMARTS) is 1. The van der Waals surface area contributed by atoms with Gasteiger partial charge in [-0.05, 0) is 18.1 Å². The van der Waals surface area contributed by atoms with Crippen molar-refractivity contribution >= 4 is 5.97 Å². The molecule has 0 fully saturated rings. The highest BCUT2D eigenvalue weighted by molar-refractivity contribution is 5.70. The predicted molar refractivity (Wildman–Crippen MR) is 61.2 cm³/mol. The van der Waals surface area contributed by atoms with Crippen LogP contribution in [0.4, 0.5) is 0 Å². The molecule has 1 unspecified atom stereocenters. The monoisotopic (exact) mass is 223 g/mol. The van der Waals surface area contributed by atoms with Crippen LogP contribution in [0.15, 0.2) is 24.3 Å². The molecule has 88 valence electrons. The number of aliphatic hydroxyl groups is 1. The van der Waals surface area contributed by atoms with E-state index in [4.69, 9.17) is 10.2 Å². The predicted octanol–water partition coefficient (Wildman–Crippen LogP) is 0.784. The summed E-state index contributed by atoms with van der Waals surface area (Å²) in [5.74, 6) is -0.820. The lowest BCUT2D eigenvalue weighted by molar-refractivity contribution is -0.136. The van der Waals surface area contributed by atoms with Crippen LogP contribution in [0.1, 0.15) is 18.1 Å². The molecule has 0 amide bonds. The number of hydrogen-bond donors (Lipinski definition) is 3. The first kappa shape index (κ1) is 12.7. The van der Waals surface area contributed by atoms with Crippen molar-refractivity contribution in [3.05, 3.63) is 35.4 Å². The standard InChI is InChI=1S/C12H17NO3/c1-9(8-14)13-7-11-4-2-10(3-5-11)6-12(15)16/h2-5,9,13-14H,6-8H2,1H3,(H,15,16). The summed E-state index contributed by atoms with van der Waals surface area (Å²) < 4.78 is 0. The largest absolute Gasteiger partial charge is 0.481 e. The van der Waals surface area contributed by atoms with Gasteiger partial charge in [-0.3, -0.25) is 4.79 Å². The van der Waals surface area contributed by atoms with E-state index >= 15 is 0 Å². The van der Waals surface area contributed by atoms with Crippen molar-refractivity contribution in [3.8, 4) is 0 Å². The number of carbonyl (C=O) groups is 1. The molecule has 0 aliphatic rings. The van der Waals surface area contributed by atoms with Crippen molar-refractivity contribution < 1.29 is 15.0 Å². The second-order valence-electron chi connectivity index (χ2n) is 3.85. The summed E-state index contributed by atoms with van der Waals surface area (Å²) in [6.07, 6.45) is 0.0563. The molecule has 1 rings (SSSR count). The molecule has 1 aromatic carbocycles. The van der Waals surface area contributed by atoms with E-state index in [2.05, 4.69) is 5.32 Å². The van der Waals surface area contributed by atoms with E-state index in [0.29, 0.717) is 6.54 Å². The Morgan fingerprint density at radius 1 is 1.31 bits per heavy atom. The van der Waals surface area contributed by atoms with Crippen LogP contribution in [0.3, 0.4) is 0 Å². The maximum absolute atomic E-state index is 10.5. The molecular weight excluding hydrogens is 206 g/mol. The average Bonchev–Trinajstić information content (AvgIpc) is 2.27. The minimum absolute atomic E-state index is 0.0563. The average molecular weight is 223 g/mol. The van der Waals surface area contributed by atoms with Gasteiger partial charge in [-0.15, -0.1) is 0 Å². The summed E-state index contributed by atoms with van der Waals surface area (Å²) >= 11 is 0. The summed E-state index contributed by atoms with van der Waals surface area (Å²) in [6, 6.07) is 7.49. The quantitative estimate of drug-likeness (QED) is 0.666. The number of rotatable bonds is 6. The molecule has 0 bridgehead atoms. The second-order valence-corrected chi connectivity index (χ2v) is 3.85. The van der Waals surface area contributed by atoms with E-state index in [1.165, 1.54) is 0 Å². The molecule has 0 heterocycles. The lowest BCUT2D eigenvalue weighted by atomic mass is 10.1.